The Morgan fingerprint density at radius 1 is 1.06 bits per heavy atom. The van der Waals surface area contributed by atoms with Gasteiger partial charge in [-0.25, -0.2) is 4.39 Å². The Labute approximate surface area is 180 Å². The molecular weight excluding hydrogens is 399 g/mol. The number of hydrogen-bond acceptors (Lipinski definition) is 4. The Morgan fingerprint density at radius 3 is 2.35 bits per heavy atom. The molecule has 0 aromatic heterocycles. The fraction of sp³-hybridized carbons (Fsp3) is 0.292. The van der Waals surface area contributed by atoms with E-state index in [1.165, 1.54) is 37.3 Å². The first-order valence-electron chi connectivity index (χ1n) is 10.2. The van der Waals surface area contributed by atoms with Crippen molar-refractivity contribution in [2.75, 3.05) is 18.4 Å². The predicted molar refractivity (Wildman–Crippen MR) is 115 cm³/mol. The van der Waals surface area contributed by atoms with Crippen molar-refractivity contribution in [3.63, 3.8) is 0 Å². The zero-order chi connectivity index (χ0) is 22.2. The van der Waals surface area contributed by atoms with Gasteiger partial charge < -0.3 is 15.0 Å². The van der Waals surface area contributed by atoms with Gasteiger partial charge in [-0.2, -0.15) is 0 Å². The fourth-order valence-electron chi connectivity index (χ4n) is 3.27. The molecule has 2 aromatic carbocycles. The van der Waals surface area contributed by atoms with Gasteiger partial charge in [-0.3, -0.25) is 14.4 Å². The van der Waals surface area contributed by atoms with E-state index in [1.54, 1.807) is 11.0 Å². The van der Waals surface area contributed by atoms with E-state index in [2.05, 4.69) is 5.32 Å². The van der Waals surface area contributed by atoms with E-state index in [0.717, 1.165) is 5.56 Å². The van der Waals surface area contributed by atoms with Crippen molar-refractivity contribution in [3.05, 3.63) is 72.1 Å². The summed E-state index contributed by atoms with van der Waals surface area (Å²) in [5.41, 5.74) is 1.37. The molecule has 162 valence electrons. The van der Waals surface area contributed by atoms with Gasteiger partial charge in [-0.05, 0) is 55.7 Å². The third kappa shape index (κ3) is 6.50. The Balaban J connectivity index is 1.44. The van der Waals surface area contributed by atoms with Gasteiger partial charge in [-0.15, -0.1) is 0 Å². The number of esters is 1. The summed E-state index contributed by atoms with van der Waals surface area (Å²) in [6.45, 7) is 2.39. The van der Waals surface area contributed by atoms with E-state index >= 15 is 0 Å². The molecule has 1 saturated heterocycles. The molecule has 6 nitrogen and oxygen atoms in total. The molecule has 1 aliphatic rings. The van der Waals surface area contributed by atoms with Crippen LogP contribution in [0.25, 0.3) is 6.08 Å². The number of nitrogens with one attached hydrogen (secondary N) is 1. The lowest BCUT2D eigenvalue weighted by Gasteiger charge is -2.30. The number of hydrogen-bond donors (Lipinski definition) is 1. The minimum atomic E-state index is -0.981. The summed E-state index contributed by atoms with van der Waals surface area (Å²) in [6.07, 6.45) is 3.29. The molecule has 2 aromatic rings. The van der Waals surface area contributed by atoms with Crippen LogP contribution in [-0.2, 0) is 19.1 Å². The number of amides is 2. The Hall–Kier alpha value is -3.48. The highest BCUT2D eigenvalue weighted by molar-refractivity contribution is 5.95. The number of rotatable bonds is 6. The minimum Gasteiger partial charge on any atom is -0.452 e. The number of carbonyl (C=O) groups excluding carboxylic acids is 3. The predicted octanol–water partition coefficient (Wildman–Crippen LogP) is 3.65. The van der Waals surface area contributed by atoms with Crippen LogP contribution in [0, 0.1) is 11.7 Å². The number of benzene rings is 2. The zero-order valence-corrected chi connectivity index (χ0v) is 17.3. The van der Waals surface area contributed by atoms with Crippen molar-refractivity contribution < 1.29 is 23.5 Å². The summed E-state index contributed by atoms with van der Waals surface area (Å²) in [6, 6.07) is 14.9. The van der Waals surface area contributed by atoms with Gasteiger partial charge in [0, 0.05) is 24.9 Å². The van der Waals surface area contributed by atoms with Gasteiger partial charge in [0.15, 0.2) is 6.10 Å². The number of nitrogens with zero attached hydrogens (tertiary/aromatic N) is 1. The lowest BCUT2D eigenvalue weighted by atomic mass is 9.97. The maximum absolute atomic E-state index is 12.9. The molecule has 31 heavy (non-hydrogen) atoms. The van der Waals surface area contributed by atoms with Gasteiger partial charge in [0.25, 0.3) is 5.91 Å². The van der Waals surface area contributed by atoms with Gasteiger partial charge in [0.1, 0.15) is 5.82 Å². The number of piperidine rings is 1. The average Bonchev–Trinajstić information content (AvgIpc) is 2.79. The van der Waals surface area contributed by atoms with E-state index in [0.29, 0.717) is 31.6 Å². The second-order valence-electron chi connectivity index (χ2n) is 7.42. The lowest BCUT2D eigenvalue weighted by Crippen LogP contribution is -2.41. The molecule has 1 N–H and O–H groups in total. The van der Waals surface area contributed by atoms with E-state index in [9.17, 15) is 18.8 Å². The normalized spacial score (nSPS) is 15.5. The Kier molecular flexibility index (Phi) is 7.54. The summed E-state index contributed by atoms with van der Waals surface area (Å²) >= 11 is 0. The zero-order valence-electron chi connectivity index (χ0n) is 17.3. The quantitative estimate of drug-likeness (QED) is 0.567. The average molecular weight is 424 g/mol. The summed E-state index contributed by atoms with van der Waals surface area (Å²) in [4.78, 5) is 38.7. The maximum atomic E-state index is 12.9. The molecule has 0 radical (unpaired) electrons. The van der Waals surface area contributed by atoms with E-state index in [-0.39, 0.29) is 11.8 Å². The van der Waals surface area contributed by atoms with Gasteiger partial charge in [-0.1, -0.05) is 30.3 Å². The van der Waals surface area contributed by atoms with Crippen molar-refractivity contribution in [3.8, 4) is 0 Å². The van der Waals surface area contributed by atoms with Crippen molar-refractivity contribution in [1.29, 1.82) is 0 Å². The van der Waals surface area contributed by atoms with Gasteiger partial charge in [0.2, 0.25) is 5.91 Å². The highest BCUT2D eigenvalue weighted by Gasteiger charge is 2.30. The molecule has 3 rings (SSSR count). The third-order valence-corrected chi connectivity index (χ3v) is 5.13. The second kappa shape index (κ2) is 10.5. The number of carbonyl (C=O) groups is 3. The van der Waals surface area contributed by atoms with Crippen molar-refractivity contribution in [1.82, 2.24) is 4.90 Å². The Morgan fingerprint density at radius 2 is 1.71 bits per heavy atom. The molecule has 1 fully saturated rings. The molecule has 1 heterocycles. The molecule has 2 amide bonds. The molecule has 1 atom stereocenters. The topological polar surface area (TPSA) is 75.7 Å². The maximum Gasteiger partial charge on any atom is 0.309 e. The monoisotopic (exact) mass is 424 g/mol. The number of ether oxygens (including phenoxy) is 1. The highest BCUT2D eigenvalue weighted by Crippen LogP contribution is 2.20. The van der Waals surface area contributed by atoms with Crippen LogP contribution in [0.15, 0.2) is 60.7 Å². The summed E-state index contributed by atoms with van der Waals surface area (Å²) < 4.78 is 18.3. The van der Waals surface area contributed by atoms with Crippen LogP contribution >= 0.6 is 0 Å². The second-order valence-corrected chi connectivity index (χ2v) is 7.42. The standard InChI is InChI=1S/C24H25FN2O4/c1-17(23(29)26-21-10-8-20(25)9-11-21)31-24(30)19-13-15-27(16-14-19)22(28)12-7-18-5-3-2-4-6-18/h2-12,17,19H,13-16H2,1H3,(H,26,29)/b12-7+/t17-/m0/s1. The van der Waals surface area contributed by atoms with Crippen molar-refractivity contribution in [2.24, 2.45) is 5.92 Å². The summed E-state index contributed by atoms with van der Waals surface area (Å²) in [7, 11) is 0. The van der Waals surface area contributed by atoms with E-state index in [4.69, 9.17) is 4.74 Å². The number of anilines is 1. The summed E-state index contributed by atoms with van der Waals surface area (Å²) in [5.74, 6) is -1.80. The molecule has 0 saturated carbocycles. The first kappa shape index (κ1) is 22.2. The van der Waals surface area contributed by atoms with Crippen LogP contribution in [0.5, 0.6) is 0 Å². The smallest absolute Gasteiger partial charge is 0.309 e. The third-order valence-electron chi connectivity index (χ3n) is 5.13. The molecule has 0 aliphatic carbocycles. The first-order valence-corrected chi connectivity index (χ1v) is 10.2. The first-order chi connectivity index (χ1) is 14.9. The molecule has 0 bridgehead atoms. The minimum absolute atomic E-state index is 0.0947. The van der Waals surface area contributed by atoms with E-state index in [1.807, 2.05) is 30.3 Å². The van der Waals surface area contributed by atoms with Gasteiger partial charge >= 0.3 is 5.97 Å². The molecule has 7 heteroatoms. The van der Waals surface area contributed by atoms with Crippen LogP contribution in [0.1, 0.15) is 25.3 Å². The van der Waals surface area contributed by atoms with Crippen LogP contribution in [0.2, 0.25) is 0 Å². The highest BCUT2D eigenvalue weighted by atomic mass is 19.1. The molecular formula is C24H25FN2O4. The molecule has 1 aliphatic heterocycles. The van der Waals surface area contributed by atoms with Crippen molar-refractivity contribution >= 4 is 29.5 Å². The number of halogens is 1. The fourth-order valence-corrected chi connectivity index (χ4v) is 3.27. The number of likely N-dealkylation sites (tertiary alicyclic amines) is 1. The SMILES string of the molecule is C[C@H](OC(=O)C1CCN(C(=O)/C=C/c2ccccc2)CC1)C(=O)Nc1ccc(F)cc1. The van der Waals surface area contributed by atoms with Crippen LogP contribution in [0.4, 0.5) is 10.1 Å². The van der Waals surface area contributed by atoms with Crippen LogP contribution in [0.3, 0.4) is 0 Å². The van der Waals surface area contributed by atoms with Crippen LogP contribution < -0.4 is 5.32 Å². The lowest BCUT2D eigenvalue weighted by molar-refractivity contribution is -0.159. The van der Waals surface area contributed by atoms with E-state index < -0.39 is 23.8 Å². The molecule has 0 unspecified atom stereocenters. The van der Waals surface area contributed by atoms with Crippen LogP contribution in [-0.4, -0.2) is 41.9 Å². The van der Waals surface area contributed by atoms with Crippen molar-refractivity contribution in [2.45, 2.75) is 25.9 Å². The Bertz CT molecular complexity index is 936. The largest absolute Gasteiger partial charge is 0.452 e. The summed E-state index contributed by atoms with van der Waals surface area (Å²) in [5, 5.41) is 2.58. The van der Waals surface area contributed by atoms with Gasteiger partial charge in [0.05, 0.1) is 5.92 Å². The molecule has 0 spiro atoms.